The fraction of sp³-hybridized carbons (Fsp3) is 1.00. The Morgan fingerprint density at radius 3 is 2.79 bits per heavy atom. The summed E-state index contributed by atoms with van der Waals surface area (Å²) in [6, 6.07) is 0. The summed E-state index contributed by atoms with van der Waals surface area (Å²) in [5, 5.41) is 7.06. The minimum absolute atomic E-state index is 0.881. The van der Waals surface area contributed by atoms with Gasteiger partial charge in [0, 0.05) is 32.7 Å². The molecule has 2 rings (SSSR count). The molecule has 4 heteroatoms. The number of rotatable bonds is 7. The van der Waals surface area contributed by atoms with Gasteiger partial charge in [0.2, 0.25) is 0 Å². The van der Waals surface area contributed by atoms with Crippen LogP contribution in [0.15, 0.2) is 0 Å². The van der Waals surface area contributed by atoms with E-state index in [4.69, 9.17) is 0 Å². The van der Waals surface area contributed by atoms with E-state index in [0.717, 1.165) is 5.92 Å². The predicted molar refractivity (Wildman–Crippen MR) is 81.6 cm³/mol. The van der Waals surface area contributed by atoms with Gasteiger partial charge in [0.25, 0.3) is 0 Å². The zero-order valence-corrected chi connectivity index (χ0v) is 12.7. The van der Waals surface area contributed by atoms with Gasteiger partial charge in [-0.1, -0.05) is 0 Å². The van der Waals surface area contributed by atoms with E-state index < -0.39 is 0 Å². The van der Waals surface area contributed by atoms with Crippen LogP contribution in [0.1, 0.15) is 25.7 Å². The van der Waals surface area contributed by atoms with Crippen molar-refractivity contribution >= 4 is 0 Å². The molecule has 1 unspecified atom stereocenters. The molecule has 2 aliphatic heterocycles. The third-order valence-corrected chi connectivity index (χ3v) is 4.44. The van der Waals surface area contributed by atoms with Gasteiger partial charge in [-0.15, -0.1) is 0 Å². The number of unbranched alkanes of at least 4 members (excludes halogenated alkanes) is 1. The van der Waals surface area contributed by atoms with Gasteiger partial charge in [0.15, 0.2) is 0 Å². The van der Waals surface area contributed by atoms with Crippen LogP contribution in [0.4, 0.5) is 0 Å². The monoisotopic (exact) mass is 268 g/mol. The Hall–Kier alpha value is -0.160. The smallest absolute Gasteiger partial charge is 0.0107 e. The molecule has 0 aromatic rings. The molecule has 2 heterocycles. The fourth-order valence-electron chi connectivity index (χ4n) is 3.27. The highest BCUT2D eigenvalue weighted by Gasteiger charge is 2.16. The Bertz CT molecular complexity index is 228. The van der Waals surface area contributed by atoms with Crippen LogP contribution < -0.4 is 10.6 Å². The van der Waals surface area contributed by atoms with Crippen LogP contribution in [-0.2, 0) is 0 Å². The molecule has 2 N–H and O–H groups in total. The summed E-state index contributed by atoms with van der Waals surface area (Å²) in [5.41, 5.74) is 0. The minimum atomic E-state index is 0.881. The molecule has 0 saturated carbocycles. The number of nitrogens with zero attached hydrogens (tertiary/aromatic N) is 2. The molecule has 0 aromatic heterocycles. The topological polar surface area (TPSA) is 30.5 Å². The van der Waals surface area contributed by atoms with Gasteiger partial charge in [-0.05, 0) is 64.8 Å². The first-order chi connectivity index (χ1) is 9.34. The van der Waals surface area contributed by atoms with Gasteiger partial charge in [-0.3, -0.25) is 0 Å². The molecule has 2 saturated heterocycles. The molecule has 0 amide bonds. The maximum absolute atomic E-state index is 3.66. The van der Waals surface area contributed by atoms with Crippen molar-refractivity contribution in [1.29, 1.82) is 0 Å². The van der Waals surface area contributed by atoms with Crippen LogP contribution in [-0.4, -0.2) is 75.8 Å². The van der Waals surface area contributed by atoms with E-state index in [2.05, 4.69) is 27.5 Å². The summed E-state index contributed by atoms with van der Waals surface area (Å²) in [7, 11) is 2.25. The van der Waals surface area contributed by atoms with Gasteiger partial charge in [0.05, 0.1) is 0 Å². The van der Waals surface area contributed by atoms with E-state index in [-0.39, 0.29) is 0 Å². The molecule has 0 bridgehead atoms. The van der Waals surface area contributed by atoms with E-state index in [1.165, 1.54) is 84.6 Å². The van der Waals surface area contributed by atoms with Crippen LogP contribution in [0, 0.1) is 5.92 Å². The lowest BCUT2D eigenvalue weighted by Crippen LogP contribution is -2.43. The highest BCUT2D eigenvalue weighted by molar-refractivity contribution is 4.72. The number of piperidine rings is 1. The van der Waals surface area contributed by atoms with Gasteiger partial charge in [-0.25, -0.2) is 0 Å². The number of likely N-dealkylation sites (tertiary alicyclic amines) is 1. The summed E-state index contributed by atoms with van der Waals surface area (Å²) >= 11 is 0. The Balaban J connectivity index is 1.41. The molecule has 0 aliphatic carbocycles. The quantitative estimate of drug-likeness (QED) is 0.662. The molecule has 112 valence electrons. The number of nitrogens with one attached hydrogen (secondary N) is 2. The molecular weight excluding hydrogens is 236 g/mol. The van der Waals surface area contributed by atoms with Crippen LogP contribution in [0.5, 0.6) is 0 Å². The van der Waals surface area contributed by atoms with E-state index in [1.807, 2.05) is 0 Å². The van der Waals surface area contributed by atoms with Gasteiger partial charge in [-0.2, -0.15) is 0 Å². The van der Waals surface area contributed by atoms with Crippen LogP contribution in [0.3, 0.4) is 0 Å². The van der Waals surface area contributed by atoms with Crippen LogP contribution >= 0.6 is 0 Å². The Morgan fingerprint density at radius 2 is 2.00 bits per heavy atom. The second kappa shape index (κ2) is 8.90. The molecule has 1 atom stereocenters. The summed E-state index contributed by atoms with van der Waals surface area (Å²) < 4.78 is 0. The molecule has 4 nitrogen and oxygen atoms in total. The summed E-state index contributed by atoms with van der Waals surface area (Å²) in [6.45, 7) is 11.1. The standard InChI is InChI=1S/C15H32N4/c1-18-9-4-5-15(14-18)13-17-6-2-3-10-19-11-7-16-8-12-19/h15-17H,2-14H2,1H3. The zero-order valence-electron chi connectivity index (χ0n) is 12.7. The summed E-state index contributed by atoms with van der Waals surface area (Å²) in [6.07, 6.45) is 5.47. The van der Waals surface area contributed by atoms with E-state index >= 15 is 0 Å². The Labute approximate surface area is 118 Å². The highest BCUT2D eigenvalue weighted by atomic mass is 15.2. The number of hydrogen-bond acceptors (Lipinski definition) is 4. The fourth-order valence-corrected chi connectivity index (χ4v) is 3.27. The molecular formula is C15H32N4. The van der Waals surface area contributed by atoms with Crippen molar-refractivity contribution in [2.24, 2.45) is 5.92 Å². The third kappa shape index (κ3) is 6.21. The molecule has 0 aromatic carbocycles. The molecule has 19 heavy (non-hydrogen) atoms. The Kier molecular flexibility index (Phi) is 7.14. The van der Waals surface area contributed by atoms with Crippen molar-refractivity contribution in [3.63, 3.8) is 0 Å². The van der Waals surface area contributed by atoms with Crippen molar-refractivity contribution in [2.45, 2.75) is 25.7 Å². The summed E-state index contributed by atoms with van der Waals surface area (Å²) in [5.74, 6) is 0.881. The van der Waals surface area contributed by atoms with Crippen molar-refractivity contribution in [3.05, 3.63) is 0 Å². The normalized spacial score (nSPS) is 26.7. The van der Waals surface area contributed by atoms with Crippen molar-refractivity contribution < 1.29 is 0 Å². The average molecular weight is 268 g/mol. The van der Waals surface area contributed by atoms with E-state index in [0.29, 0.717) is 0 Å². The molecule has 2 aliphatic rings. The van der Waals surface area contributed by atoms with Gasteiger partial charge in [0.1, 0.15) is 0 Å². The first-order valence-electron chi connectivity index (χ1n) is 8.17. The van der Waals surface area contributed by atoms with E-state index in [1.54, 1.807) is 0 Å². The number of piperazine rings is 1. The zero-order chi connectivity index (χ0) is 13.3. The third-order valence-electron chi connectivity index (χ3n) is 4.44. The first kappa shape index (κ1) is 15.2. The second-order valence-electron chi connectivity index (χ2n) is 6.27. The lowest BCUT2D eigenvalue weighted by molar-refractivity contribution is 0.205. The van der Waals surface area contributed by atoms with Crippen molar-refractivity contribution in [1.82, 2.24) is 20.4 Å². The lowest BCUT2D eigenvalue weighted by atomic mass is 9.98. The van der Waals surface area contributed by atoms with Gasteiger partial charge < -0.3 is 20.4 Å². The summed E-state index contributed by atoms with van der Waals surface area (Å²) in [4.78, 5) is 5.06. The van der Waals surface area contributed by atoms with Crippen molar-refractivity contribution in [2.75, 3.05) is 66.0 Å². The van der Waals surface area contributed by atoms with Crippen LogP contribution in [0.2, 0.25) is 0 Å². The molecule has 0 radical (unpaired) electrons. The maximum Gasteiger partial charge on any atom is 0.0107 e. The first-order valence-corrected chi connectivity index (χ1v) is 8.17. The minimum Gasteiger partial charge on any atom is -0.316 e. The average Bonchev–Trinajstić information content (AvgIpc) is 2.44. The Morgan fingerprint density at radius 1 is 1.16 bits per heavy atom. The van der Waals surface area contributed by atoms with Crippen molar-refractivity contribution in [3.8, 4) is 0 Å². The molecule has 0 spiro atoms. The van der Waals surface area contributed by atoms with Gasteiger partial charge >= 0.3 is 0 Å². The second-order valence-corrected chi connectivity index (χ2v) is 6.27. The molecule has 2 fully saturated rings. The largest absolute Gasteiger partial charge is 0.316 e. The maximum atomic E-state index is 3.66. The van der Waals surface area contributed by atoms with Crippen LogP contribution in [0.25, 0.3) is 0 Å². The number of hydrogen-bond donors (Lipinski definition) is 2. The lowest BCUT2D eigenvalue weighted by Gasteiger charge is -2.30. The predicted octanol–water partition coefficient (Wildman–Crippen LogP) is 0.603. The highest BCUT2D eigenvalue weighted by Crippen LogP contribution is 2.13. The van der Waals surface area contributed by atoms with E-state index in [9.17, 15) is 0 Å². The SMILES string of the molecule is CN1CCCC(CNCCCCN2CCNCC2)C1.